The lowest BCUT2D eigenvalue weighted by Gasteiger charge is -2.25. The molecule has 0 saturated carbocycles. The van der Waals surface area contributed by atoms with Crippen LogP contribution in [0.25, 0.3) is 0 Å². The van der Waals surface area contributed by atoms with Gasteiger partial charge in [-0.2, -0.15) is 0 Å². The first-order valence-electron chi connectivity index (χ1n) is 8.57. The fourth-order valence-corrected chi connectivity index (χ4v) is 5.26. The van der Waals surface area contributed by atoms with Crippen LogP contribution in [0.1, 0.15) is 29.9 Å². The van der Waals surface area contributed by atoms with Crippen molar-refractivity contribution >= 4 is 15.7 Å². The van der Waals surface area contributed by atoms with Crippen LogP contribution in [0, 0.1) is 0 Å². The maximum atomic E-state index is 13.0. The molecular weight excluding hydrogens is 320 g/mol. The van der Waals surface area contributed by atoms with Gasteiger partial charge in [-0.3, -0.25) is 4.31 Å². The zero-order valence-electron chi connectivity index (χ0n) is 13.6. The van der Waals surface area contributed by atoms with Gasteiger partial charge in [0.05, 0.1) is 10.6 Å². The molecule has 2 aliphatic rings. The molecular formula is C19H22N2O2S. The summed E-state index contributed by atoms with van der Waals surface area (Å²) in [5.41, 5.74) is 3.27. The number of fused-ring (bicyclic) bond motifs is 1. The Labute approximate surface area is 143 Å². The zero-order chi connectivity index (χ0) is 16.6. The number of hydrogen-bond acceptors (Lipinski definition) is 3. The Bertz CT molecular complexity index is 828. The van der Waals surface area contributed by atoms with E-state index in [1.807, 2.05) is 6.07 Å². The molecule has 2 aromatic carbocycles. The number of rotatable bonds is 3. The lowest BCUT2D eigenvalue weighted by Crippen LogP contribution is -2.29. The van der Waals surface area contributed by atoms with Gasteiger partial charge in [0.15, 0.2) is 0 Å². The summed E-state index contributed by atoms with van der Waals surface area (Å²) in [6.45, 7) is 2.60. The number of nitrogens with zero attached hydrogens (tertiary/aromatic N) is 1. The molecule has 0 radical (unpaired) electrons. The molecule has 126 valence electrons. The van der Waals surface area contributed by atoms with Crippen molar-refractivity contribution in [3.8, 4) is 0 Å². The lowest BCUT2D eigenvalue weighted by molar-refractivity contribution is 0.460. The Morgan fingerprint density at radius 1 is 1.00 bits per heavy atom. The van der Waals surface area contributed by atoms with E-state index in [9.17, 15) is 8.42 Å². The number of hydrogen-bond donors (Lipinski definition) is 1. The lowest BCUT2D eigenvalue weighted by atomic mass is 9.89. The van der Waals surface area contributed by atoms with Crippen LogP contribution in [0.3, 0.4) is 0 Å². The van der Waals surface area contributed by atoms with Crippen LogP contribution in [0.2, 0.25) is 0 Å². The molecule has 4 nitrogen and oxygen atoms in total. The van der Waals surface area contributed by atoms with Gasteiger partial charge in [-0.15, -0.1) is 0 Å². The summed E-state index contributed by atoms with van der Waals surface area (Å²) in [6.07, 6.45) is 3.02. The first-order valence-corrected chi connectivity index (χ1v) is 10.0. The summed E-state index contributed by atoms with van der Waals surface area (Å²) in [5, 5.41) is 3.39. The third-order valence-corrected chi connectivity index (χ3v) is 6.93. The van der Waals surface area contributed by atoms with Crippen LogP contribution < -0.4 is 9.62 Å². The smallest absolute Gasteiger partial charge is 0.264 e. The first-order chi connectivity index (χ1) is 11.7. The zero-order valence-corrected chi connectivity index (χ0v) is 14.4. The summed E-state index contributed by atoms with van der Waals surface area (Å²) < 4.78 is 27.6. The molecule has 1 N–H and O–H groups in total. The van der Waals surface area contributed by atoms with E-state index < -0.39 is 10.0 Å². The summed E-state index contributed by atoms with van der Waals surface area (Å²) in [7, 11) is -3.48. The highest BCUT2D eigenvalue weighted by atomic mass is 32.2. The fraction of sp³-hybridized carbons (Fsp3) is 0.368. The van der Waals surface area contributed by atoms with Crippen LogP contribution in [0.15, 0.2) is 53.4 Å². The normalized spacial score (nSPS) is 18.6. The molecule has 2 heterocycles. The average Bonchev–Trinajstić information content (AvgIpc) is 3.07. The highest BCUT2D eigenvalue weighted by Crippen LogP contribution is 2.36. The van der Waals surface area contributed by atoms with Crippen LogP contribution in [0.4, 0.5) is 5.69 Å². The molecule has 4 rings (SSSR count). The standard InChI is InChI=1S/C19H22N2O2S/c22-24(23,18-4-2-1-3-5-18)21-13-10-16-6-7-17(14-19(16)21)15-8-11-20-12-9-15/h1-7,14-15,20H,8-13H2. The van der Waals surface area contributed by atoms with Gasteiger partial charge in [0, 0.05) is 6.54 Å². The molecule has 2 aliphatic heterocycles. The Hall–Kier alpha value is -1.85. The predicted molar refractivity (Wildman–Crippen MR) is 96.0 cm³/mol. The minimum Gasteiger partial charge on any atom is -0.317 e. The maximum absolute atomic E-state index is 13.0. The topological polar surface area (TPSA) is 49.4 Å². The fourth-order valence-electron chi connectivity index (χ4n) is 3.75. The molecule has 0 bridgehead atoms. The minimum absolute atomic E-state index is 0.366. The van der Waals surface area contributed by atoms with Gasteiger partial charge in [-0.05, 0) is 67.6 Å². The van der Waals surface area contributed by atoms with Crippen LogP contribution in [-0.2, 0) is 16.4 Å². The number of anilines is 1. The van der Waals surface area contributed by atoms with E-state index in [1.54, 1.807) is 28.6 Å². The van der Waals surface area contributed by atoms with Gasteiger partial charge in [0.2, 0.25) is 0 Å². The maximum Gasteiger partial charge on any atom is 0.264 e. The molecule has 0 aliphatic carbocycles. The van der Waals surface area contributed by atoms with E-state index in [-0.39, 0.29) is 0 Å². The average molecular weight is 342 g/mol. The van der Waals surface area contributed by atoms with Crippen molar-refractivity contribution in [2.24, 2.45) is 0 Å². The SMILES string of the molecule is O=S(=O)(c1ccccc1)N1CCc2ccc(C3CCNCC3)cc21. The molecule has 0 unspecified atom stereocenters. The molecule has 0 aromatic heterocycles. The first kappa shape index (κ1) is 15.7. The molecule has 1 saturated heterocycles. The van der Waals surface area contributed by atoms with Crippen LogP contribution >= 0.6 is 0 Å². The van der Waals surface area contributed by atoms with Gasteiger partial charge in [-0.1, -0.05) is 30.3 Å². The Kier molecular flexibility index (Phi) is 4.06. The number of sulfonamides is 1. The quantitative estimate of drug-likeness (QED) is 0.933. The molecule has 0 amide bonds. The monoisotopic (exact) mass is 342 g/mol. The van der Waals surface area contributed by atoms with Crippen molar-refractivity contribution in [2.45, 2.75) is 30.1 Å². The van der Waals surface area contributed by atoms with E-state index in [2.05, 4.69) is 23.5 Å². The molecule has 0 spiro atoms. The number of benzene rings is 2. The summed E-state index contributed by atoms with van der Waals surface area (Å²) >= 11 is 0. The van der Waals surface area contributed by atoms with Crippen molar-refractivity contribution in [3.63, 3.8) is 0 Å². The predicted octanol–water partition coefficient (Wildman–Crippen LogP) is 2.91. The third kappa shape index (κ3) is 2.72. The summed E-state index contributed by atoms with van der Waals surface area (Å²) in [6, 6.07) is 15.1. The molecule has 24 heavy (non-hydrogen) atoms. The molecule has 0 atom stereocenters. The second-order valence-electron chi connectivity index (χ2n) is 6.55. The summed E-state index contributed by atoms with van der Waals surface area (Å²) in [5.74, 6) is 0.526. The Morgan fingerprint density at radius 2 is 1.75 bits per heavy atom. The van der Waals surface area contributed by atoms with Crippen LogP contribution in [0.5, 0.6) is 0 Å². The third-order valence-electron chi connectivity index (χ3n) is 5.10. The molecule has 2 aromatic rings. The molecule has 5 heteroatoms. The minimum atomic E-state index is -3.48. The van der Waals surface area contributed by atoms with E-state index in [4.69, 9.17) is 0 Å². The molecule has 1 fully saturated rings. The van der Waals surface area contributed by atoms with Gasteiger partial charge in [-0.25, -0.2) is 8.42 Å². The van der Waals surface area contributed by atoms with E-state index in [0.717, 1.165) is 43.6 Å². The van der Waals surface area contributed by atoms with Crippen molar-refractivity contribution in [3.05, 3.63) is 59.7 Å². The second kappa shape index (κ2) is 6.22. The van der Waals surface area contributed by atoms with E-state index in [0.29, 0.717) is 17.4 Å². The number of piperidine rings is 1. The summed E-state index contributed by atoms with van der Waals surface area (Å²) in [4.78, 5) is 0.366. The highest BCUT2D eigenvalue weighted by Gasteiger charge is 2.31. The van der Waals surface area contributed by atoms with E-state index in [1.165, 1.54) is 5.56 Å². The highest BCUT2D eigenvalue weighted by molar-refractivity contribution is 7.92. The van der Waals surface area contributed by atoms with Gasteiger partial charge >= 0.3 is 0 Å². The van der Waals surface area contributed by atoms with Gasteiger partial charge in [0.1, 0.15) is 0 Å². The van der Waals surface area contributed by atoms with Crippen molar-refractivity contribution in [1.29, 1.82) is 0 Å². The second-order valence-corrected chi connectivity index (χ2v) is 8.41. The van der Waals surface area contributed by atoms with Crippen molar-refractivity contribution < 1.29 is 8.42 Å². The Balaban J connectivity index is 1.70. The van der Waals surface area contributed by atoms with Gasteiger partial charge < -0.3 is 5.32 Å². The van der Waals surface area contributed by atoms with Crippen molar-refractivity contribution in [1.82, 2.24) is 5.32 Å². The van der Waals surface area contributed by atoms with E-state index >= 15 is 0 Å². The number of nitrogens with one attached hydrogen (secondary N) is 1. The van der Waals surface area contributed by atoms with Crippen molar-refractivity contribution in [2.75, 3.05) is 23.9 Å². The largest absolute Gasteiger partial charge is 0.317 e. The van der Waals surface area contributed by atoms with Crippen LogP contribution in [-0.4, -0.2) is 28.1 Å². The van der Waals surface area contributed by atoms with Gasteiger partial charge in [0.25, 0.3) is 10.0 Å². The Morgan fingerprint density at radius 3 is 2.50 bits per heavy atom.